The minimum absolute atomic E-state index is 0.333. The number of aryl methyl sites for hydroxylation is 1. The number of thiophene rings is 1. The third kappa shape index (κ3) is 3.32. The van der Waals surface area contributed by atoms with Crippen molar-refractivity contribution in [2.45, 2.75) is 44.6 Å². The van der Waals surface area contributed by atoms with Crippen molar-refractivity contribution >= 4 is 33.3 Å². The minimum atomic E-state index is -0.769. The van der Waals surface area contributed by atoms with E-state index in [9.17, 15) is 14.9 Å². The Morgan fingerprint density at radius 3 is 2.62 bits per heavy atom. The normalized spacial score (nSPS) is 16.0. The van der Waals surface area contributed by atoms with Gasteiger partial charge in [-0.3, -0.25) is 4.79 Å². The lowest BCUT2D eigenvalue weighted by Gasteiger charge is -2.38. The molecule has 2 aromatic rings. The van der Waals surface area contributed by atoms with E-state index in [0.29, 0.717) is 17.7 Å². The van der Waals surface area contributed by atoms with Crippen LogP contribution in [-0.2, 0) is 9.53 Å². The van der Waals surface area contributed by atoms with E-state index in [4.69, 9.17) is 4.74 Å². The van der Waals surface area contributed by atoms with Gasteiger partial charge in [0, 0.05) is 11.7 Å². The molecule has 0 aliphatic heterocycles. The molecule has 0 bridgehead atoms. The fourth-order valence-corrected chi connectivity index (χ4v) is 4.66. The monoisotopic (exact) mass is 370 g/mol. The summed E-state index contributed by atoms with van der Waals surface area (Å²) in [4.78, 5) is 26.9. The van der Waals surface area contributed by atoms with Crippen molar-refractivity contribution in [3.8, 4) is 6.07 Å². The molecule has 1 aromatic carbocycles. The molecule has 0 spiro atoms. The molecule has 5 nitrogen and oxygen atoms in total. The molecule has 0 N–H and O–H groups in total. The number of hydrogen-bond acceptors (Lipinski definition) is 5. The fourth-order valence-electron chi connectivity index (χ4n) is 3.56. The molecule has 0 radical (unpaired) electrons. The number of amides is 1. The second-order valence-corrected chi connectivity index (χ2v) is 7.84. The molecule has 0 atom stereocenters. The van der Waals surface area contributed by atoms with E-state index in [1.807, 2.05) is 31.2 Å². The van der Waals surface area contributed by atoms with Gasteiger partial charge in [0.1, 0.15) is 10.4 Å². The lowest BCUT2D eigenvalue weighted by Crippen LogP contribution is -2.51. The second kappa shape index (κ2) is 7.46. The van der Waals surface area contributed by atoms with Crippen LogP contribution in [-0.4, -0.2) is 36.0 Å². The summed E-state index contributed by atoms with van der Waals surface area (Å²) in [6.45, 7) is 1.54. The zero-order valence-corrected chi connectivity index (χ0v) is 15.9. The Labute approximate surface area is 157 Å². The van der Waals surface area contributed by atoms with Crippen molar-refractivity contribution in [3.05, 3.63) is 34.7 Å². The minimum Gasteiger partial charge on any atom is -0.451 e. The third-order valence-corrected chi connectivity index (χ3v) is 6.51. The molecule has 1 amide bonds. The summed E-state index contributed by atoms with van der Waals surface area (Å²) in [5.74, 6) is -0.819. The van der Waals surface area contributed by atoms with E-state index in [1.165, 1.54) is 16.2 Å². The topological polar surface area (TPSA) is 70.4 Å². The molecular formula is C20H22N2O3S. The summed E-state index contributed by atoms with van der Waals surface area (Å²) in [5, 5.41) is 10.6. The van der Waals surface area contributed by atoms with Crippen LogP contribution in [0.25, 0.3) is 10.1 Å². The number of hydrogen-bond donors (Lipinski definition) is 0. The standard InChI is InChI=1S/C20H22N2O3S/c1-14-15-8-4-5-9-16(15)26-18(14)19(24)25-12-17(23)22(2)20(13-21)10-6-3-7-11-20/h4-5,8-9H,3,6-7,10-12H2,1-2H3. The SMILES string of the molecule is Cc1c(C(=O)OCC(=O)N(C)C2(C#N)CCCCC2)sc2ccccc12. The van der Waals surface area contributed by atoms with E-state index < -0.39 is 11.5 Å². The van der Waals surface area contributed by atoms with Gasteiger partial charge in [-0.25, -0.2) is 4.79 Å². The van der Waals surface area contributed by atoms with Crippen LogP contribution in [0.1, 0.15) is 47.3 Å². The highest BCUT2D eigenvalue weighted by atomic mass is 32.1. The molecule has 1 aliphatic carbocycles. The average Bonchev–Trinajstić information content (AvgIpc) is 3.02. The number of esters is 1. The summed E-state index contributed by atoms with van der Waals surface area (Å²) in [6.07, 6.45) is 4.31. The van der Waals surface area contributed by atoms with Crippen LogP contribution in [0.5, 0.6) is 0 Å². The van der Waals surface area contributed by atoms with Gasteiger partial charge in [0.2, 0.25) is 0 Å². The largest absolute Gasteiger partial charge is 0.451 e. The van der Waals surface area contributed by atoms with Gasteiger partial charge >= 0.3 is 5.97 Å². The van der Waals surface area contributed by atoms with Crippen LogP contribution in [0.4, 0.5) is 0 Å². The lowest BCUT2D eigenvalue weighted by molar-refractivity contribution is -0.138. The van der Waals surface area contributed by atoms with E-state index in [-0.39, 0.29) is 12.5 Å². The maximum atomic E-state index is 12.5. The Morgan fingerprint density at radius 1 is 1.27 bits per heavy atom. The summed E-state index contributed by atoms with van der Waals surface area (Å²) in [6, 6.07) is 10.1. The van der Waals surface area contributed by atoms with Crippen molar-refractivity contribution in [1.29, 1.82) is 5.26 Å². The van der Waals surface area contributed by atoms with Crippen LogP contribution in [0.3, 0.4) is 0 Å². The Morgan fingerprint density at radius 2 is 1.96 bits per heavy atom. The van der Waals surface area contributed by atoms with Crippen molar-refractivity contribution in [2.24, 2.45) is 0 Å². The number of ether oxygens (including phenoxy) is 1. The van der Waals surface area contributed by atoms with E-state index >= 15 is 0 Å². The number of benzene rings is 1. The molecular weight excluding hydrogens is 348 g/mol. The first-order valence-electron chi connectivity index (χ1n) is 8.82. The number of nitriles is 1. The fraction of sp³-hybridized carbons (Fsp3) is 0.450. The van der Waals surface area contributed by atoms with E-state index in [0.717, 1.165) is 34.9 Å². The first-order chi connectivity index (χ1) is 12.5. The lowest BCUT2D eigenvalue weighted by atomic mass is 9.81. The molecule has 6 heteroatoms. The Hall–Kier alpha value is -2.39. The van der Waals surface area contributed by atoms with Crippen LogP contribution in [0.2, 0.25) is 0 Å². The van der Waals surface area contributed by atoms with Crippen LogP contribution in [0, 0.1) is 18.3 Å². The smallest absolute Gasteiger partial charge is 0.349 e. The zero-order valence-electron chi connectivity index (χ0n) is 15.1. The summed E-state index contributed by atoms with van der Waals surface area (Å²) < 4.78 is 6.29. The molecule has 1 saturated carbocycles. The molecule has 26 heavy (non-hydrogen) atoms. The number of carbonyl (C=O) groups excluding carboxylic acids is 2. The number of rotatable bonds is 4. The van der Waals surface area contributed by atoms with Gasteiger partial charge in [-0.1, -0.05) is 37.5 Å². The highest BCUT2D eigenvalue weighted by Crippen LogP contribution is 2.33. The third-order valence-electron chi connectivity index (χ3n) is 5.26. The van der Waals surface area contributed by atoms with Crippen LogP contribution in [0.15, 0.2) is 24.3 Å². The van der Waals surface area contributed by atoms with Gasteiger partial charge in [0.25, 0.3) is 5.91 Å². The van der Waals surface area contributed by atoms with Gasteiger partial charge in [0.05, 0.1) is 6.07 Å². The Kier molecular flexibility index (Phi) is 5.28. The number of nitrogens with zero attached hydrogens (tertiary/aromatic N) is 2. The molecule has 136 valence electrons. The molecule has 0 saturated heterocycles. The van der Waals surface area contributed by atoms with Crippen LogP contribution < -0.4 is 0 Å². The molecule has 3 rings (SSSR count). The molecule has 0 unspecified atom stereocenters. The summed E-state index contributed by atoms with van der Waals surface area (Å²) in [5.41, 5.74) is 0.104. The van der Waals surface area contributed by atoms with Gasteiger partial charge < -0.3 is 9.64 Å². The summed E-state index contributed by atoms with van der Waals surface area (Å²) in [7, 11) is 1.63. The molecule has 1 heterocycles. The molecule has 1 aliphatic rings. The van der Waals surface area contributed by atoms with Gasteiger partial charge in [-0.2, -0.15) is 5.26 Å². The highest BCUT2D eigenvalue weighted by Gasteiger charge is 2.39. The molecule has 1 fully saturated rings. The van der Waals surface area contributed by atoms with Crippen molar-refractivity contribution in [2.75, 3.05) is 13.7 Å². The quantitative estimate of drug-likeness (QED) is 0.761. The number of carbonyl (C=O) groups is 2. The van der Waals surface area contributed by atoms with Crippen molar-refractivity contribution in [3.63, 3.8) is 0 Å². The van der Waals surface area contributed by atoms with Crippen molar-refractivity contribution in [1.82, 2.24) is 4.90 Å². The highest BCUT2D eigenvalue weighted by molar-refractivity contribution is 7.21. The summed E-state index contributed by atoms with van der Waals surface area (Å²) >= 11 is 1.37. The number of likely N-dealkylation sites (N-methyl/N-ethyl adjacent to an activating group) is 1. The average molecular weight is 370 g/mol. The first kappa shape index (κ1) is 18.4. The van der Waals surface area contributed by atoms with Gasteiger partial charge in [-0.15, -0.1) is 11.3 Å². The predicted molar refractivity (Wildman–Crippen MR) is 101 cm³/mol. The van der Waals surface area contributed by atoms with Gasteiger partial charge in [0.15, 0.2) is 6.61 Å². The Balaban J connectivity index is 1.67. The second-order valence-electron chi connectivity index (χ2n) is 6.79. The van der Waals surface area contributed by atoms with E-state index in [2.05, 4.69) is 6.07 Å². The Bertz CT molecular complexity index is 875. The molecule has 1 aromatic heterocycles. The zero-order chi connectivity index (χ0) is 18.7. The maximum absolute atomic E-state index is 12.5. The first-order valence-corrected chi connectivity index (χ1v) is 9.63. The van der Waals surface area contributed by atoms with Crippen LogP contribution >= 0.6 is 11.3 Å². The maximum Gasteiger partial charge on any atom is 0.349 e. The predicted octanol–water partition coefficient (Wildman–Crippen LogP) is 4.05. The van der Waals surface area contributed by atoms with Gasteiger partial charge in [-0.05, 0) is 36.8 Å². The number of fused-ring (bicyclic) bond motifs is 1. The van der Waals surface area contributed by atoms with Crippen molar-refractivity contribution < 1.29 is 14.3 Å². The van der Waals surface area contributed by atoms with E-state index in [1.54, 1.807) is 7.05 Å².